The Kier molecular flexibility index (Phi) is 24.7. The van der Waals surface area contributed by atoms with Crippen molar-refractivity contribution in [3.05, 3.63) is 298 Å². The van der Waals surface area contributed by atoms with Gasteiger partial charge < -0.3 is 28.6 Å². The van der Waals surface area contributed by atoms with E-state index in [1.54, 1.807) is 0 Å². The molecule has 3 aliphatic heterocycles. The van der Waals surface area contributed by atoms with Crippen LogP contribution in [0.5, 0.6) is 28.7 Å². The number of fused-ring (bicyclic) bond motifs is 6. The summed E-state index contributed by atoms with van der Waals surface area (Å²) in [7, 11) is 0. The van der Waals surface area contributed by atoms with Gasteiger partial charge in [0.15, 0.2) is 11.2 Å². The van der Waals surface area contributed by atoms with Gasteiger partial charge in [-0.2, -0.15) is 0 Å². The summed E-state index contributed by atoms with van der Waals surface area (Å²) in [4.78, 5) is 2.48. The van der Waals surface area contributed by atoms with E-state index in [4.69, 9.17) is 23.7 Å². The Hall–Kier alpha value is -10.2. The Labute approximate surface area is 626 Å². The van der Waals surface area contributed by atoms with Crippen LogP contribution in [0.15, 0.2) is 237 Å². The fourth-order valence-electron chi connectivity index (χ4n) is 15.1. The second-order valence-corrected chi connectivity index (χ2v) is 28.9. The maximum atomic E-state index is 7.43. The third kappa shape index (κ3) is 17.4. The van der Waals surface area contributed by atoms with Crippen LogP contribution >= 0.6 is 0 Å². The molecular weight excluding hydrogens is 1280 g/mol. The Bertz CT molecular complexity index is 4710. The van der Waals surface area contributed by atoms with Crippen molar-refractivity contribution < 1.29 is 23.7 Å². The number of aryl methyl sites for hydroxylation is 3. The van der Waals surface area contributed by atoms with Gasteiger partial charge in [-0.15, -0.1) is 0 Å². The molecule has 3 heterocycles. The van der Waals surface area contributed by atoms with E-state index in [0.717, 1.165) is 154 Å². The van der Waals surface area contributed by atoms with Crippen LogP contribution in [-0.2, 0) is 17.6 Å². The third-order valence-electron chi connectivity index (χ3n) is 21.4. The molecule has 0 aromatic heterocycles. The average Bonchev–Trinajstić information content (AvgIpc) is 0.886. The zero-order chi connectivity index (χ0) is 72.2. The summed E-state index contributed by atoms with van der Waals surface area (Å²) in [5.74, 6) is 11.4. The quantitative estimate of drug-likeness (QED) is 0.0344. The minimum atomic E-state index is -0.869. The van der Waals surface area contributed by atoms with Crippen LogP contribution in [0.3, 0.4) is 0 Å². The van der Waals surface area contributed by atoms with Crippen LogP contribution in [0.4, 0.5) is 5.69 Å². The Balaban J connectivity index is 0.000000196. The summed E-state index contributed by atoms with van der Waals surface area (Å²) in [6, 6.07) is 80.4. The second-order valence-electron chi connectivity index (χ2n) is 28.9. The number of benzene rings is 11. The lowest BCUT2D eigenvalue weighted by atomic mass is 9.82. The molecule has 1 unspecified atom stereocenters. The fraction of sp³-hybridized carbons (Fsp3) is 0.313. The topological polar surface area (TPSA) is 49.4 Å². The highest BCUT2D eigenvalue weighted by Crippen LogP contribution is 2.49. The van der Waals surface area contributed by atoms with E-state index in [2.05, 4.69) is 307 Å². The summed E-state index contributed by atoms with van der Waals surface area (Å²) in [5.41, 5.74) is 16.8. The van der Waals surface area contributed by atoms with Crippen LogP contribution < -0.4 is 28.6 Å². The van der Waals surface area contributed by atoms with Gasteiger partial charge in [-0.3, -0.25) is 0 Å². The van der Waals surface area contributed by atoms with Crippen LogP contribution in [0.1, 0.15) is 198 Å². The van der Waals surface area contributed by atoms with E-state index in [1.165, 1.54) is 134 Å². The first-order valence-corrected chi connectivity index (χ1v) is 39.4. The molecule has 1 fully saturated rings. The number of unbranched alkanes of at least 4 members (excludes halogenated alkanes) is 11. The molecule has 0 aliphatic carbocycles. The molecule has 0 radical (unpaired) electrons. The third-order valence-corrected chi connectivity index (χ3v) is 21.4. The summed E-state index contributed by atoms with van der Waals surface area (Å²) in [5, 5.41) is 4.71. The zero-order valence-electron chi connectivity index (χ0n) is 62.9. The van der Waals surface area contributed by atoms with Gasteiger partial charge in [0.25, 0.3) is 0 Å². The first-order valence-electron chi connectivity index (χ1n) is 39.4. The molecule has 0 N–H and O–H groups in total. The number of hydrogen-bond donors (Lipinski definition) is 0. The largest absolute Gasteiger partial charge is 0.494 e. The number of rotatable bonds is 29. The smallest absolute Gasteiger partial charge is 0.178 e. The molecule has 11 aromatic carbocycles. The fourth-order valence-corrected chi connectivity index (χ4v) is 15.1. The minimum absolute atomic E-state index is 0.727. The second kappa shape index (κ2) is 35.5. The summed E-state index contributed by atoms with van der Waals surface area (Å²) in [6.45, 7) is 17.8. The highest BCUT2D eigenvalue weighted by Gasteiger charge is 2.40. The van der Waals surface area contributed by atoms with Crippen molar-refractivity contribution in [2.75, 3.05) is 37.8 Å². The molecule has 14 rings (SSSR count). The molecule has 6 nitrogen and oxygen atoms in total. The molecule has 3 aliphatic rings. The Morgan fingerprint density at radius 3 is 1.35 bits per heavy atom. The standard InChI is InChI=1S/C57H66O4.C42H39NO/c1-6-9-12-15-36-58-49-28-22-45(23-29-49)44-18-20-46(21-19-44)53-41-56-52(54-39-42(4)43(5)40-55(53)54)34-35-57(61-56,47-24-30-50(31-25-47)59-37-16-13-10-7-2)48-26-32-51(33-27-48)60-38-17-14-11-8-3;1-2-3-5-12-32-17-19-33(20-18-32)21-22-34-31-41-40(39-16-9-8-15-38(34)39)27-28-42(44-41,35-13-6-4-7-14-35)36-23-25-37(26-24-36)43-29-10-11-30-43/h18-35,39-41H,6-17,36-38H2,1-5H3;4,6-9,13-20,23-28,31H,2-3,5,10-12,29-30H2,1H3. The van der Waals surface area contributed by atoms with Gasteiger partial charge >= 0.3 is 0 Å². The molecule has 105 heavy (non-hydrogen) atoms. The van der Waals surface area contributed by atoms with Crippen molar-refractivity contribution >= 4 is 39.4 Å². The van der Waals surface area contributed by atoms with Crippen LogP contribution in [0.25, 0.3) is 56.0 Å². The van der Waals surface area contributed by atoms with Crippen molar-refractivity contribution in [1.82, 2.24) is 0 Å². The SMILES string of the molecule is CCCCCCOc1ccc(-c2ccc(-c3cc4c(c5cc(C)c(C)cc35)C=CC(c3ccc(OCCCCCC)cc3)(c3ccc(OCCCCCC)cc3)O4)cc2)cc1.CCCCCc1ccc(C#Cc2cc3c(c4ccccc24)C=CC(c2ccccc2)(c2ccc(N4CCCC4)cc2)O3)cc1. The normalized spacial score (nSPS) is 14.7. The predicted molar refractivity (Wildman–Crippen MR) is 441 cm³/mol. The summed E-state index contributed by atoms with van der Waals surface area (Å²) in [6.07, 6.45) is 30.7. The number of anilines is 1. The highest BCUT2D eigenvalue weighted by molar-refractivity contribution is 6.05. The average molecular weight is 1390 g/mol. The van der Waals surface area contributed by atoms with Crippen LogP contribution in [0, 0.1) is 25.7 Å². The summed E-state index contributed by atoms with van der Waals surface area (Å²) < 4.78 is 33.0. The summed E-state index contributed by atoms with van der Waals surface area (Å²) >= 11 is 0. The van der Waals surface area contributed by atoms with Crippen molar-refractivity contribution in [3.63, 3.8) is 0 Å². The van der Waals surface area contributed by atoms with Crippen molar-refractivity contribution in [1.29, 1.82) is 0 Å². The maximum absolute atomic E-state index is 7.43. The van der Waals surface area contributed by atoms with E-state index in [0.29, 0.717) is 0 Å². The van der Waals surface area contributed by atoms with E-state index < -0.39 is 11.2 Å². The van der Waals surface area contributed by atoms with E-state index in [1.807, 2.05) is 0 Å². The van der Waals surface area contributed by atoms with Crippen LogP contribution in [0.2, 0.25) is 0 Å². The van der Waals surface area contributed by atoms with Gasteiger partial charge in [-0.1, -0.05) is 262 Å². The molecule has 1 saturated heterocycles. The van der Waals surface area contributed by atoms with Gasteiger partial charge in [-0.05, 0) is 216 Å². The van der Waals surface area contributed by atoms with Gasteiger partial charge in [0.1, 0.15) is 28.7 Å². The lowest BCUT2D eigenvalue weighted by molar-refractivity contribution is 0.161. The van der Waals surface area contributed by atoms with Crippen molar-refractivity contribution in [2.45, 2.75) is 168 Å². The lowest BCUT2D eigenvalue weighted by Gasteiger charge is -2.37. The minimum Gasteiger partial charge on any atom is -0.494 e. The maximum Gasteiger partial charge on any atom is 0.178 e. The molecule has 6 heteroatoms. The highest BCUT2D eigenvalue weighted by atomic mass is 16.5. The monoisotopic (exact) mass is 1390 g/mol. The Morgan fingerprint density at radius 2 is 0.819 bits per heavy atom. The van der Waals surface area contributed by atoms with E-state index in [9.17, 15) is 0 Å². The number of ether oxygens (including phenoxy) is 5. The van der Waals surface area contributed by atoms with Crippen molar-refractivity contribution in [2.24, 2.45) is 0 Å². The molecule has 0 bridgehead atoms. The molecular formula is C99H105NO5. The first kappa shape index (κ1) is 73.1. The first-order chi connectivity index (χ1) is 51.6. The molecule has 0 amide bonds. The molecule has 536 valence electrons. The number of hydrogen-bond acceptors (Lipinski definition) is 6. The van der Waals surface area contributed by atoms with E-state index in [-0.39, 0.29) is 0 Å². The zero-order valence-corrected chi connectivity index (χ0v) is 62.9. The molecule has 11 aromatic rings. The van der Waals surface area contributed by atoms with Gasteiger partial charge in [0.2, 0.25) is 0 Å². The van der Waals surface area contributed by atoms with Gasteiger partial charge in [0.05, 0.1) is 19.8 Å². The Morgan fingerprint density at radius 1 is 0.381 bits per heavy atom. The van der Waals surface area contributed by atoms with Gasteiger partial charge in [0, 0.05) is 63.3 Å². The molecule has 0 saturated carbocycles. The predicted octanol–water partition coefficient (Wildman–Crippen LogP) is 25.9. The van der Waals surface area contributed by atoms with Crippen molar-refractivity contribution in [3.8, 4) is 62.8 Å². The molecule has 1 atom stereocenters. The number of nitrogens with zero attached hydrogens (tertiary/aromatic N) is 1. The molecule has 0 spiro atoms. The lowest BCUT2D eigenvalue weighted by Crippen LogP contribution is -2.34. The van der Waals surface area contributed by atoms with E-state index >= 15 is 0 Å². The van der Waals surface area contributed by atoms with Gasteiger partial charge in [-0.25, -0.2) is 0 Å². The van der Waals surface area contributed by atoms with Crippen LogP contribution in [-0.4, -0.2) is 32.9 Å².